The maximum Gasteiger partial charge on any atom is 0.138 e. The summed E-state index contributed by atoms with van der Waals surface area (Å²) in [7, 11) is 0. The highest BCUT2D eigenvalue weighted by atomic mass is 16.5. The average molecular weight is 288 g/mol. The zero-order chi connectivity index (χ0) is 15.1. The van der Waals surface area contributed by atoms with Gasteiger partial charge in [-0.05, 0) is 24.6 Å². The summed E-state index contributed by atoms with van der Waals surface area (Å²) in [6.45, 7) is 0.739. The molecular weight excluding hydrogens is 268 g/mol. The summed E-state index contributed by atoms with van der Waals surface area (Å²) in [6.07, 6.45) is 1.51. The fourth-order valence-corrected chi connectivity index (χ4v) is 1.97. The molecule has 2 aromatic rings. The van der Waals surface area contributed by atoms with E-state index in [0.717, 1.165) is 5.56 Å². The second kappa shape index (κ2) is 7.73. The van der Waals surface area contributed by atoms with Crippen molar-refractivity contribution >= 4 is 0 Å². The molecule has 2 rings (SSSR count). The van der Waals surface area contributed by atoms with Crippen molar-refractivity contribution in [3.05, 3.63) is 59.9 Å². The lowest BCUT2D eigenvalue weighted by Gasteiger charge is -2.17. The highest BCUT2D eigenvalue weighted by Gasteiger charge is 2.18. The van der Waals surface area contributed by atoms with Crippen LogP contribution in [0.4, 0.5) is 0 Å². The number of hydrogen-bond donors (Lipinski definition) is 3. The first-order valence-electron chi connectivity index (χ1n) is 6.88. The van der Waals surface area contributed by atoms with Crippen molar-refractivity contribution < 1.29 is 14.9 Å². The summed E-state index contributed by atoms with van der Waals surface area (Å²) in [5, 5.41) is 19.8. The first-order chi connectivity index (χ1) is 10.2. The van der Waals surface area contributed by atoms with Crippen LogP contribution in [-0.2, 0) is 6.61 Å². The van der Waals surface area contributed by atoms with Gasteiger partial charge in [-0.1, -0.05) is 30.3 Å². The van der Waals surface area contributed by atoms with E-state index in [4.69, 9.17) is 10.5 Å². The molecule has 0 amide bonds. The summed E-state index contributed by atoms with van der Waals surface area (Å²) in [5.74, 6) is 0.551. The molecule has 112 valence electrons. The van der Waals surface area contributed by atoms with Crippen molar-refractivity contribution in [3.63, 3.8) is 0 Å². The number of rotatable bonds is 7. The van der Waals surface area contributed by atoms with Crippen molar-refractivity contribution in [1.82, 2.24) is 4.98 Å². The molecule has 1 aromatic heterocycles. The number of aliphatic hydroxyl groups excluding tert-OH is 2. The SMILES string of the molecule is NCCC(O)C(O)c1cncc(OCc2ccccc2)c1. The van der Waals surface area contributed by atoms with Gasteiger partial charge in [-0.15, -0.1) is 0 Å². The topological polar surface area (TPSA) is 88.6 Å². The Hall–Kier alpha value is -1.95. The van der Waals surface area contributed by atoms with Crippen molar-refractivity contribution in [1.29, 1.82) is 0 Å². The molecule has 2 unspecified atom stereocenters. The Bertz CT molecular complexity index is 548. The molecule has 0 aliphatic carbocycles. The van der Waals surface area contributed by atoms with Crippen LogP contribution >= 0.6 is 0 Å². The molecule has 1 heterocycles. The molecule has 0 saturated heterocycles. The Kier molecular flexibility index (Phi) is 5.68. The van der Waals surface area contributed by atoms with E-state index in [2.05, 4.69) is 4.98 Å². The summed E-state index contributed by atoms with van der Waals surface area (Å²) < 4.78 is 5.64. The summed E-state index contributed by atoms with van der Waals surface area (Å²) in [5.41, 5.74) is 6.94. The van der Waals surface area contributed by atoms with Gasteiger partial charge in [0.15, 0.2) is 0 Å². The normalized spacial score (nSPS) is 13.7. The molecule has 0 spiro atoms. The number of nitrogens with two attached hydrogens (primary N) is 1. The lowest BCUT2D eigenvalue weighted by atomic mass is 10.0. The van der Waals surface area contributed by atoms with Gasteiger partial charge < -0.3 is 20.7 Å². The van der Waals surface area contributed by atoms with E-state index in [1.807, 2.05) is 30.3 Å². The number of aromatic nitrogens is 1. The molecular formula is C16H20N2O3. The van der Waals surface area contributed by atoms with E-state index in [1.54, 1.807) is 12.3 Å². The quantitative estimate of drug-likeness (QED) is 0.717. The number of ether oxygens (including phenoxy) is 1. The van der Waals surface area contributed by atoms with Crippen molar-refractivity contribution in [2.75, 3.05) is 6.54 Å². The molecule has 4 N–H and O–H groups in total. The van der Waals surface area contributed by atoms with Crippen LogP contribution in [0.5, 0.6) is 5.75 Å². The molecule has 5 nitrogen and oxygen atoms in total. The second-order valence-corrected chi connectivity index (χ2v) is 4.82. The molecule has 0 saturated carbocycles. The third-order valence-corrected chi connectivity index (χ3v) is 3.15. The van der Waals surface area contributed by atoms with Crippen LogP contribution in [0.15, 0.2) is 48.8 Å². The summed E-state index contributed by atoms with van der Waals surface area (Å²) in [4.78, 5) is 4.03. The third-order valence-electron chi connectivity index (χ3n) is 3.15. The van der Waals surface area contributed by atoms with Crippen LogP contribution in [-0.4, -0.2) is 27.8 Å². The lowest BCUT2D eigenvalue weighted by Crippen LogP contribution is -2.21. The molecule has 5 heteroatoms. The highest BCUT2D eigenvalue weighted by molar-refractivity contribution is 5.26. The van der Waals surface area contributed by atoms with E-state index in [9.17, 15) is 10.2 Å². The Labute approximate surface area is 124 Å². The molecule has 1 aromatic carbocycles. The molecule has 21 heavy (non-hydrogen) atoms. The molecule has 0 radical (unpaired) electrons. The van der Waals surface area contributed by atoms with Gasteiger partial charge >= 0.3 is 0 Å². The van der Waals surface area contributed by atoms with Gasteiger partial charge in [-0.25, -0.2) is 0 Å². The van der Waals surface area contributed by atoms with Crippen LogP contribution in [0.1, 0.15) is 23.7 Å². The smallest absolute Gasteiger partial charge is 0.138 e. The Morgan fingerprint density at radius 2 is 1.90 bits per heavy atom. The van der Waals surface area contributed by atoms with Crippen LogP contribution in [0.3, 0.4) is 0 Å². The second-order valence-electron chi connectivity index (χ2n) is 4.82. The zero-order valence-electron chi connectivity index (χ0n) is 11.7. The first-order valence-corrected chi connectivity index (χ1v) is 6.88. The van der Waals surface area contributed by atoms with Crippen molar-refractivity contribution in [2.24, 2.45) is 5.73 Å². The molecule has 0 aliphatic heterocycles. The number of pyridine rings is 1. The minimum atomic E-state index is -1.01. The van der Waals surface area contributed by atoms with Gasteiger partial charge in [-0.3, -0.25) is 4.98 Å². The van der Waals surface area contributed by atoms with Gasteiger partial charge in [-0.2, -0.15) is 0 Å². The number of nitrogens with zero attached hydrogens (tertiary/aromatic N) is 1. The highest BCUT2D eigenvalue weighted by Crippen LogP contribution is 2.22. The molecule has 0 fully saturated rings. The maximum atomic E-state index is 10.0. The van der Waals surface area contributed by atoms with Crippen molar-refractivity contribution in [3.8, 4) is 5.75 Å². The van der Waals surface area contributed by atoms with E-state index >= 15 is 0 Å². The van der Waals surface area contributed by atoms with E-state index in [1.165, 1.54) is 6.20 Å². The fraction of sp³-hybridized carbons (Fsp3) is 0.312. The summed E-state index contributed by atoms with van der Waals surface area (Å²) >= 11 is 0. The fourth-order valence-electron chi connectivity index (χ4n) is 1.97. The molecule has 0 aliphatic rings. The Morgan fingerprint density at radius 3 is 2.62 bits per heavy atom. The minimum Gasteiger partial charge on any atom is -0.487 e. The van der Waals surface area contributed by atoms with Gasteiger partial charge in [0.05, 0.1) is 12.3 Å². The predicted molar refractivity (Wildman–Crippen MR) is 79.6 cm³/mol. The number of benzene rings is 1. The van der Waals surface area contributed by atoms with Gasteiger partial charge in [0.2, 0.25) is 0 Å². The van der Waals surface area contributed by atoms with Crippen LogP contribution in [0, 0.1) is 0 Å². The Morgan fingerprint density at radius 1 is 1.14 bits per heavy atom. The number of aliphatic hydroxyl groups is 2. The number of hydrogen-bond acceptors (Lipinski definition) is 5. The maximum absolute atomic E-state index is 10.0. The Balaban J connectivity index is 2.00. The zero-order valence-corrected chi connectivity index (χ0v) is 11.7. The third kappa shape index (κ3) is 4.53. The van der Waals surface area contributed by atoms with E-state index in [0.29, 0.717) is 30.9 Å². The van der Waals surface area contributed by atoms with E-state index < -0.39 is 12.2 Å². The van der Waals surface area contributed by atoms with Crippen LogP contribution < -0.4 is 10.5 Å². The standard InChI is InChI=1S/C16H20N2O3/c17-7-6-15(19)16(20)13-8-14(10-18-9-13)21-11-12-4-2-1-3-5-12/h1-5,8-10,15-16,19-20H,6-7,11,17H2. The first kappa shape index (κ1) is 15.4. The van der Waals surface area contributed by atoms with Crippen LogP contribution in [0.2, 0.25) is 0 Å². The predicted octanol–water partition coefficient (Wildman–Crippen LogP) is 1.40. The molecule has 2 atom stereocenters. The largest absolute Gasteiger partial charge is 0.487 e. The van der Waals surface area contributed by atoms with Gasteiger partial charge in [0.25, 0.3) is 0 Å². The van der Waals surface area contributed by atoms with Gasteiger partial charge in [0.1, 0.15) is 18.5 Å². The van der Waals surface area contributed by atoms with Crippen molar-refractivity contribution in [2.45, 2.75) is 25.2 Å². The van der Waals surface area contributed by atoms with Crippen LogP contribution in [0.25, 0.3) is 0 Å². The lowest BCUT2D eigenvalue weighted by molar-refractivity contribution is 0.0147. The average Bonchev–Trinajstić information content (AvgIpc) is 2.54. The molecule has 0 bridgehead atoms. The van der Waals surface area contributed by atoms with E-state index in [-0.39, 0.29) is 0 Å². The summed E-state index contributed by atoms with van der Waals surface area (Å²) in [6, 6.07) is 11.5. The van der Waals surface area contributed by atoms with Gasteiger partial charge in [0, 0.05) is 11.8 Å². The monoisotopic (exact) mass is 288 g/mol. The minimum absolute atomic E-state index is 0.315.